The summed E-state index contributed by atoms with van der Waals surface area (Å²) in [6, 6.07) is 0. The Hall–Kier alpha value is -1.76. The second-order valence-corrected chi connectivity index (χ2v) is 5.25. The normalized spacial score (nSPS) is 42.5. The minimum absolute atomic E-state index is 0.378. The molecule has 22 heavy (non-hydrogen) atoms. The fourth-order valence-electron chi connectivity index (χ4n) is 2.79. The summed E-state index contributed by atoms with van der Waals surface area (Å²) in [5.74, 6) is -2.17. The van der Waals surface area contributed by atoms with Crippen LogP contribution in [-0.2, 0) is 4.79 Å². The number of carboxylic acids is 1. The lowest BCUT2D eigenvalue weighted by Crippen LogP contribution is -2.75. The Morgan fingerprint density at radius 2 is 2.00 bits per heavy atom. The van der Waals surface area contributed by atoms with E-state index in [1.165, 1.54) is 0 Å². The van der Waals surface area contributed by atoms with Crippen LogP contribution in [0.5, 0.6) is 0 Å². The average molecular weight is 319 g/mol. The second-order valence-electron chi connectivity index (χ2n) is 5.25. The Balaban J connectivity index is 2.67. The zero-order chi connectivity index (χ0) is 16.9. The number of carbonyl (C=O) groups is 1. The SMILES string of the molecule is NC1=N[C@]2([C@H](O)C(=O)O)C(=CN1)[C@@H](O)[C@@](O)(CO)[C@@H](O)[C@H]2O. The maximum absolute atomic E-state index is 11.2. The van der Waals surface area contributed by atoms with Crippen molar-refractivity contribution in [2.45, 2.75) is 35.6 Å². The molecule has 0 aromatic carbocycles. The zero-order valence-corrected chi connectivity index (χ0v) is 11.2. The van der Waals surface area contributed by atoms with Crippen molar-refractivity contribution in [3.63, 3.8) is 0 Å². The van der Waals surface area contributed by atoms with E-state index < -0.39 is 53.7 Å². The van der Waals surface area contributed by atoms with E-state index in [2.05, 4.69) is 10.3 Å². The van der Waals surface area contributed by atoms with Crippen LogP contribution < -0.4 is 11.1 Å². The molecule has 11 nitrogen and oxygen atoms in total. The first-order valence-electron chi connectivity index (χ1n) is 6.23. The van der Waals surface area contributed by atoms with Crippen molar-refractivity contribution in [1.82, 2.24) is 5.32 Å². The smallest absolute Gasteiger partial charge is 0.335 e. The lowest BCUT2D eigenvalue weighted by atomic mass is 9.63. The summed E-state index contributed by atoms with van der Waals surface area (Å²) >= 11 is 0. The standard InChI is InChI=1S/C11H17N3O8/c12-9-13-1-3-4(16)10(22,2-15)5(17)6(18)11(3,14-9)7(19)8(20)21/h1,4-7,15-19,22H,2H2,(H,20,21)(H3,12,13,14)/t4-,5+,6-,7-,10+,11-/m1/s1. The molecule has 10 N–H and O–H groups in total. The summed E-state index contributed by atoms with van der Waals surface area (Å²) in [6.45, 7) is -1.14. The van der Waals surface area contributed by atoms with E-state index in [0.29, 0.717) is 0 Å². The lowest BCUT2D eigenvalue weighted by molar-refractivity contribution is -0.225. The third-order valence-electron chi connectivity index (χ3n) is 4.08. The molecule has 0 bridgehead atoms. The molecular weight excluding hydrogens is 302 g/mol. The Morgan fingerprint density at radius 1 is 1.41 bits per heavy atom. The number of aliphatic hydroxyl groups is 6. The number of nitrogens with one attached hydrogen (secondary N) is 1. The van der Waals surface area contributed by atoms with Crippen LogP contribution in [0.4, 0.5) is 0 Å². The summed E-state index contributed by atoms with van der Waals surface area (Å²) in [6.07, 6.45) is -7.80. The van der Waals surface area contributed by atoms with Gasteiger partial charge < -0.3 is 46.8 Å². The summed E-state index contributed by atoms with van der Waals surface area (Å²) in [4.78, 5) is 14.8. The van der Waals surface area contributed by atoms with Crippen molar-refractivity contribution in [3.05, 3.63) is 11.8 Å². The van der Waals surface area contributed by atoms with E-state index in [9.17, 15) is 35.4 Å². The van der Waals surface area contributed by atoms with Gasteiger partial charge in [0, 0.05) is 11.8 Å². The quantitative estimate of drug-likeness (QED) is 0.241. The molecule has 2 aliphatic rings. The number of fused-ring (bicyclic) bond motifs is 1. The molecule has 0 radical (unpaired) electrons. The minimum atomic E-state index is -2.57. The number of rotatable bonds is 3. The Labute approximate surface area is 123 Å². The minimum Gasteiger partial charge on any atom is -0.479 e. The predicted octanol–water partition coefficient (Wildman–Crippen LogP) is -5.21. The number of nitrogens with zero attached hydrogens (tertiary/aromatic N) is 1. The zero-order valence-electron chi connectivity index (χ0n) is 11.2. The largest absolute Gasteiger partial charge is 0.479 e. The van der Waals surface area contributed by atoms with Gasteiger partial charge in [-0.3, -0.25) is 0 Å². The van der Waals surface area contributed by atoms with Crippen molar-refractivity contribution in [3.8, 4) is 0 Å². The fraction of sp³-hybridized carbons (Fsp3) is 0.636. The molecule has 2 rings (SSSR count). The lowest BCUT2D eigenvalue weighted by Gasteiger charge is -2.53. The molecular formula is C11H17N3O8. The number of aliphatic carboxylic acids is 1. The predicted molar refractivity (Wildman–Crippen MR) is 69.3 cm³/mol. The molecule has 0 spiro atoms. The van der Waals surface area contributed by atoms with Crippen LogP contribution in [0, 0.1) is 0 Å². The average Bonchev–Trinajstić information content (AvgIpc) is 2.49. The summed E-state index contributed by atoms with van der Waals surface area (Å²) in [7, 11) is 0. The van der Waals surface area contributed by atoms with Gasteiger partial charge in [0.25, 0.3) is 0 Å². The van der Waals surface area contributed by atoms with Crippen molar-refractivity contribution in [1.29, 1.82) is 0 Å². The first-order valence-corrected chi connectivity index (χ1v) is 6.23. The highest BCUT2D eigenvalue weighted by Crippen LogP contribution is 2.45. The molecule has 1 aliphatic heterocycles. The van der Waals surface area contributed by atoms with Gasteiger partial charge in [-0.25, -0.2) is 9.79 Å². The number of hydrogen-bond acceptors (Lipinski definition) is 10. The Bertz CT molecular complexity index is 551. The third kappa shape index (κ3) is 1.91. The third-order valence-corrected chi connectivity index (χ3v) is 4.08. The number of carboxylic acid groups (broad SMARTS) is 1. The van der Waals surface area contributed by atoms with Gasteiger partial charge in [-0.1, -0.05) is 0 Å². The summed E-state index contributed by atoms with van der Waals surface area (Å²) in [5.41, 5.74) is -0.00528. The van der Waals surface area contributed by atoms with Gasteiger partial charge in [-0.05, 0) is 0 Å². The van der Waals surface area contributed by atoms with Crippen molar-refractivity contribution in [2.24, 2.45) is 10.7 Å². The van der Waals surface area contributed by atoms with E-state index in [0.717, 1.165) is 6.20 Å². The molecule has 1 heterocycles. The summed E-state index contributed by atoms with van der Waals surface area (Å²) in [5, 5.41) is 71.1. The van der Waals surface area contributed by atoms with E-state index in [1.807, 2.05) is 0 Å². The topological polar surface area (TPSA) is 209 Å². The maximum Gasteiger partial charge on any atom is 0.335 e. The molecule has 6 atom stereocenters. The first kappa shape index (κ1) is 16.6. The van der Waals surface area contributed by atoms with Crippen molar-refractivity contribution < 1.29 is 40.5 Å². The molecule has 0 saturated heterocycles. The van der Waals surface area contributed by atoms with Crippen molar-refractivity contribution in [2.75, 3.05) is 6.61 Å². The molecule has 124 valence electrons. The number of guanidine groups is 1. The monoisotopic (exact) mass is 319 g/mol. The van der Waals surface area contributed by atoms with Gasteiger partial charge in [0.15, 0.2) is 17.6 Å². The fourth-order valence-corrected chi connectivity index (χ4v) is 2.79. The van der Waals surface area contributed by atoms with Crippen molar-refractivity contribution >= 4 is 11.9 Å². The van der Waals surface area contributed by atoms with E-state index >= 15 is 0 Å². The van der Waals surface area contributed by atoms with Gasteiger partial charge in [0.2, 0.25) is 0 Å². The van der Waals surface area contributed by atoms with Crippen LogP contribution in [0.1, 0.15) is 0 Å². The van der Waals surface area contributed by atoms with Gasteiger partial charge in [-0.2, -0.15) is 0 Å². The molecule has 0 unspecified atom stereocenters. The second kappa shape index (κ2) is 5.15. The van der Waals surface area contributed by atoms with E-state index in [1.54, 1.807) is 0 Å². The van der Waals surface area contributed by atoms with Crippen LogP contribution in [-0.4, -0.2) is 89.8 Å². The van der Waals surface area contributed by atoms with Crippen LogP contribution >= 0.6 is 0 Å². The number of nitrogens with two attached hydrogens (primary N) is 1. The highest BCUT2D eigenvalue weighted by Gasteiger charge is 2.67. The number of hydrogen-bond donors (Lipinski definition) is 9. The highest BCUT2D eigenvalue weighted by molar-refractivity contribution is 5.84. The molecule has 0 amide bonds. The number of aliphatic hydroxyl groups excluding tert-OH is 5. The van der Waals surface area contributed by atoms with Crippen LogP contribution in [0.25, 0.3) is 0 Å². The molecule has 11 heteroatoms. The van der Waals surface area contributed by atoms with Crippen LogP contribution in [0.15, 0.2) is 16.8 Å². The van der Waals surface area contributed by atoms with Gasteiger partial charge in [0.1, 0.15) is 23.9 Å². The molecule has 1 fully saturated rings. The molecule has 1 saturated carbocycles. The van der Waals surface area contributed by atoms with E-state index in [-0.39, 0.29) is 5.96 Å². The van der Waals surface area contributed by atoms with Crippen LogP contribution in [0.2, 0.25) is 0 Å². The number of aliphatic imine (C=N–C) groups is 1. The Morgan fingerprint density at radius 3 is 2.50 bits per heavy atom. The van der Waals surface area contributed by atoms with E-state index in [4.69, 9.17) is 10.8 Å². The van der Waals surface area contributed by atoms with Crippen LogP contribution in [0.3, 0.4) is 0 Å². The van der Waals surface area contributed by atoms with Gasteiger partial charge >= 0.3 is 5.97 Å². The maximum atomic E-state index is 11.2. The Kier molecular flexibility index (Phi) is 3.89. The molecule has 1 aliphatic carbocycles. The molecule has 0 aromatic heterocycles. The summed E-state index contributed by atoms with van der Waals surface area (Å²) < 4.78 is 0. The van der Waals surface area contributed by atoms with Gasteiger partial charge in [-0.15, -0.1) is 0 Å². The molecule has 0 aromatic rings. The highest BCUT2D eigenvalue weighted by atomic mass is 16.4. The van der Waals surface area contributed by atoms with Gasteiger partial charge in [0.05, 0.1) is 6.61 Å². The first-order chi connectivity index (χ1) is 10.1.